The van der Waals surface area contributed by atoms with Crippen LogP contribution in [0.4, 0.5) is 0 Å². The number of epoxide rings is 2. The van der Waals surface area contributed by atoms with Gasteiger partial charge in [0.2, 0.25) is 11.6 Å². The molecule has 0 bridgehead atoms. The van der Waals surface area contributed by atoms with Crippen LogP contribution in [0.2, 0.25) is 0 Å². The monoisotopic (exact) mass is 336 g/mol. The molecular formula is C20H20N2O3. The van der Waals surface area contributed by atoms with Gasteiger partial charge < -0.3 is 14.2 Å². The lowest BCUT2D eigenvalue weighted by Gasteiger charge is -2.12. The van der Waals surface area contributed by atoms with Crippen LogP contribution in [-0.4, -0.2) is 37.2 Å². The zero-order chi connectivity index (χ0) is 17.0. The Morgan fingerprint density at radius 1 is 0.760 bits per heavy atom. The Hall–Kier alpha value is -2.34. The van der Waals surface area contributed by atoms with Gasteiger partial charge >= 0.3 is 0 Å². The van der Waals surface area contributed by atoms with Crippen LogP contribution in [0.15, 0.2) is 70.6 Å². The fourth-order valence-electron chi connectivity index (χ4n) is 2.50. The van der Waals surface area contributed by atoms with Crippen LogP contribution in [0, 0.1) is 0 Å². The van der Waals surface area contributed by atoms with E-state index in [4.69, 9.17) is 14.2 Å². The molecule has 4 rings (SSSR count). The minimum atomic E-state index is -0.774. The van der Waals surface area contributed by atoms with Crippen molar-refractivity contribution >= 4 is 12.4 Å². The summed E-state index contributed by atoms with van der Waals surface area (Å²) in [6.07, 6.45) is 3.46. The van der Waals surface area contributed by atoms with E-state index in [1.54, 1.807) is 12.4 Å². The highest BCUT2D eigenvalue weighted by Gasteiger charge is 2.57. The number of nitrogens with zero attached hydrogens (tertiary/aromatic N) is 2. The van der Waals surface area contributed by atoms with Gasteiger partial charge in [-0.2, -0.15) is 0 Å². The number of aliphatic imine (C=N–C) groups is 2. The van der Waals surface area contributed by atoms with Crippen molar-refractivity contribution in [3.05, 3.63) is 71.8 Å². The summed E-state index contributed by atoms with van der Waals surface area (Å²) in [5.41, 5.74) is 2.30. The summed E-state index contributed by atoms with van der Waals surface area (Å²) in [5, 5.41) is 0. The summed E-state index contributed by atoms with van der Waals surface area (Å²) in [5.74, 6) is -1.55. The fourth-order valence-corrected chi connectivity index (χ4v) is 2.50. The van der Waals surface area contributed by atoms with Crippen LogP contribution in [0.3, 0.4) is 0 Å². The largest absolute Gasteiger partial charge is 0.337 e. The van der Waals surface area contributed by atoms with E-state index >= 15 is 0 Å². The second kappa shape index (κ2) is 6.88. The molecule has 0 N–H and O–H groups in total. The SMILES string of the molecule is C(=NCc1ccccc1)C1(OC2(C=NCc3ccccc3)CO2)CO1. The van der Waals surface area contributed by atoms with Gasteiger partial charge in [0, 0.05) is 0 Å². The fraction of sp³-hybridized carbons (Fsp3) is 0.300. The molecule has 0 radical (unpaired) electrons. The van der Waals surface area contributed by atoms with E-state index in [-0.39, 0.29) is 0 Å². The van der Waals surface area contributed by atoms with Crippen molar-refractivity contribution in [1.82, 2.24) is 0 Å². The first-order valence-electron chi connectivity index (χ1n) is 8.36. The van der Waals surface area contributed by atoms with Gasteiger partial charge in [0.25, 0.3) is 0 Å². The molecule has 2 fully saturated rings. The van der Waals surface area contributed by atoms with E-state index in [0.717, 1.165) is 11.1 Å². The molecule has 5 nitrogen and oxygen atoms in total. The molecule has 5 heteroatoms. The van der Waals surface area contributed by atoms with Gasteiger partial charge in [-0.3, -0.25) is 9.98 Å². The van der Waals surface area contributed by atoms with Gasteiger partial charge in [-0.15, -0.1) is 0 Å². The second-order valence-corrected chi connectivity index (χ2v) is 6.21. The first kappa shape index (κ1) is 16.1. The van der Waals surface area contributed by atoms with Crippen LogP contribution < -0.4 is 0 Å². The molecule has 128 valence electrons. The smallest absolute Gasteiger partial charge is 0.232 e. The third-order valence-electron chi connectivity index (χ3n) is 4.01. The second-order valence-electron chi connectivity index (χ2n) is 6.21. The summed E-state index contributed by atoms with van der Waals surface area (Å²) in [6, 6.07) is 20.2. The first-order chi connectivity index (χ1) is 12.3. The molecule has 2 aromatic carbocycles. The van der Waals surface area contributed by atoms with Gasteiger partial charge in [0.1, 0.15) is 13.2 Å². The Labute approximate surface area is 147 Å². The number of hydrogen-bond donors (Lipinski definition) is 0. The summed E-state index contributed by atoms with van der Waals surface area (Å²) < 4.78 is 16.9. The van der Waals surface area contributed by atoms with E-state index in [1.807, 2.05) is 60.7 Å². The lowest BCUT2D eigenvalue weighted by Crippen LogP contribution is -2.30. The molecule has 0 amide bonds. The molecule has 2 saturated heterocycles. The topological polar surface area (TPSA) is 59.0 Å². The third-order valence-corrected chi connectivity index (χ3v) is 4.01. The Kier molecular flexibility index (Phi) is 4.44. The maximum absolute atomic E-state index is 5.98. The van der Waals surface area contributed by atoms with E-state index in [1.165, 1.54) is 0 Å². The quantitative estimate of drug-likeness (QED) is 0.550. The van der Waals surface area contributed by atoms with Gasteiger partial charge in [-0.25, -0.2) is 0 Å². The highest BCUT2D eigenvalue weighted by Crippen LogP contribution is 2.38. The van der Waals surface area contributed by atoms with E-state index in [9.17, 15) is 0 Å². The Bertz CT molecular complexity index is 686. The van der Waals surface area contributed by atoms with Crippen molar-refractivity contribution in [1.29, 1.82) is 0 Å². The third kappa shape index (κ3) is 4.39. The van der Waals surface area contributed by atoms with Crippen molar-refractivity contribution in [3.63, 3.8) is 0 Å². The molecule has 0 aromatic heterocycles. The molecule has 2 atom stereocenters. The summed E-state index contributed by atoms with van der Waals surface area (Å²) >= 11 is 0. The average Bonchev–Trinajstić information content (AvgIpc) is 3.57. The lowest BCUT2D eigenvalue weighted by molar-refractivity contribution is -0.0727. The standard InChI is InChI=1S/C20H20N2O3/c1-3-7-17(8-4-1)11-21-13-19(15-23-19)25-20(16-24-20)14-22-12-18-9-5-2-6-10-18/h1-10,13-14H,11-12,15-16H2. The predicted octanol–water partition coefficient (Wildman–Crippen LogP) is 3.00. The van der Waals surface area contributed by atoms with E-state index < -0.39 is 11.6 Å². The van der Waals surface area contributed by atoms with Crippen LogP contribution in [0.5, 0.6) is 0 Å². The minimum Gasteiger partial charge on any atom is -0.337 e. The van der Waals surface area contributed by atoms with Crippen LogP contribution in [-0.2, 0) is 27.3 Å². The highest BCUT2D eigenvalue weighted by atomic mass is 16.9. The van der Waals surface area contributed by atoms with E-state index in [2.05, 4.69) is 9.98 Å². The molecule has 0 saturated carbocycles. The predicted molar refractivity (Wildman–Crippen MR) is 95.7 cm³/mol. The number of hydrogen-bond acceptors (Lipinski definition) is 5. The average molecular weight is 336 g/mol. The minimum absolute atomic E-state index is 0.489. The van der Waals surface area contributed by atoms with Crippen molar-refractivity contribution in [2.75, 3.05) is 13.2 Å². The summed E-state index contributed by atoms with van der Waals surface area (Å²) in [7, 11) is 0. The number of benzene rings is 2. The lowest BCUT2D eigenvalue weighted by atomic mass is 10.2. The normalized spacial score (nSPS) is 27.8. The van der Waals surface area contributed by atoms with Gasteiger partial charge in [0.05, 0.1) is 25.5 Å². The molecule has 0 spiro atoms. The Balaban J connectivity index is 1.31. The summed E-state index contributed by atoms with van der Waals surface area (Å²) in [4.78, 5) is 8.88. The molecule has 2 unspecified atom stereocenters. The molecular weight excluding hydrogens is 316 g/mol. The van der Waals surface area contributed by atoms with Crippen molar-refractivity contribution < 1.29 is 14.2 Å². The van der Waals surface area contributed by atoms with E-state index in [0.29, 0.717) is 26.3 Å². The van der Waals surface area contributed by atoms with Crippen molar-refractivity contribution in [2.45, 2.75) is 24.7 Å². The molecule has 25 heavy (non-hydrogen) atoms. The Morgan fingerprint density at radius 2 is 1.16 bits per heavy atom. The first-order valence-corrected chi connectivity index (χ1v) is 8.36. The maximum Gasteiger partial charge on any atom is 0.232 e. The zero-order valence-electron chi connectivity index (χ0n) is 13.9. The molecule has 2 aliphatic rings. The van der Waals surface area contributed by atoms with Crippen LogP contribution in [0.1, 0.15) is 11.1 Å². The van der Waals surface area contributed by atoms with Gasteiger partial charge in [-0.1, -0.05) is 60.7 Å². The summed E-state index contributed by atoms with van der Waals surface area (Å²) in [6.45, 7) is 2.18. The van der Waals surface area contributed by atoms with Gasteiger partial charge in [-0.05, 0) is 11.1 Å². The molecule has 2 aromatic rings. The van der Waals surface area contributed by atoms with Crippen molar-refractivity contribution in [2.24, 2.45) is 9.98 Å². The van der Waals surface area contributed by atoms with Gasteiger partial charge in [0.15, 0.2) is 0 Å². The molecule has 2 aliphatic heterocycles. The van der Waals surface area contributed by atoms with Crippen LogP contribution >= 0.6 is 0 Å². The van der Waals surface area contributed by atoms with Crippen molar-refractivity contribution in [3.8, 4) is 0 Å². The number of ether oxygens (including phenoxy) is 3. The maximum atomic E-state index is 5.98. The van der Waals surface area contributed by atoms with Crippen LogP contribution in [0.25, 0.3) is 0 Å². The molecule has 0 aliphatic carbocycles. The zero-order valence-corrected chi connectivity index (χ0v) is 13.9. The molecule has 2 heterocycles. The Morgan fingerprint density at radius 3 is 1.52 bits per heavy atom. The highest BCUT2D eigenvalue weighted by molar-refractivity contribution is 5.74. The number of rotatable bonds is 8.